The molecule has 0 aliphatic carbocycles. The fourth-order valence-electron chi connectivity index (χ4n) is 2.72. The summed E-state index contributed by atoms with van der Waals surface area (Å²) >= 11 is 0. The molecule has 0 bridgehead atoms. The first-order valence-electron chi connectivity index (χ1n) is 8.64. The van der Waals surface area contributed by atoms with E-state index in [9.17, 15) is 9.59 Å². The molecule has 0 atom stereocenters. The van der Waals surface area contributed by atoms with Gasteiger partial charge in [0.15, 0.2) is 0 Å². The van der Waals surface area contributed by atoms with E-state index in [-0.39, 0.29) is 11.8 Å². The summed E-state index contributed by atoms with van der Waals surface area (Å²) in [5, 5.41) is 0.741. The highest BCUT2D eigenvalue weighted by Crippen LogP contribution is 2.25. The zero-order valence-electron chi connectivity index (χ0n) is 14.9. The summed E-state index contributed by atoms with van der Waals surface area (Å²) in [7, 11) is 0. The van der Waals surface area contributed by atoms with E-state index in [1.165, 1.54) is 0 Å². The van der Waals surface area contributed by atoms with Crippen LogP contribution in [0.5, 0.6) is 0 Å². The number of hydrogen-bond donors (Lipinski definition) is 2. The Hall–Kier alpha value is -3.21. The molecule has 2 amide bonds. The van der Waals surface area contributed by atoms with Crippen molar-refractivity contribution < 1.29 is 9.59 Å². The fourth-order valence-corrected chi connectivity index (χ4v) is 2.72. The maximum absolute atomic E-state index is 12.7. The summed E-state index contributed by atoms with van der Waals surface area (Å²) < 4.78 is 0. The van der Waals surface area contributed by atoms with Crippen LogP contribution < -0.4 is 10.9 Å². The Balaban J connectivity index is 1.98. The van der Waals surface area contributed by atoms with E-state index in [0.717, 1.165) is 28.5 Å². The molecule has 132 valence electrons. The molecular weight excluding hydrogens is 326 g/mol. The highest BCUT2D eigenvalue weighted by molar-refractivity contribution is 6.07. The van der Waals surface area contributed by atoms with Crippen molar-refractivity contribution in [3.63, 3.8) is 0 Å². The van der Waals surface area contributed by atoms with Crippen LogP contribution in [0.2, 0.25) is 0 Å². The average Bonchev–Trinajstić information content (AvgIpc) is 2.66. The molecule has 0 spiro atoms. The second-order valence-corrected chi connectivity index (χ2v) is 6.19. The third-order valence-corrected chi connectivity index (χ3v) is 4.10. The molecule has 1 aromatic heterocycles. The van der Waals surface area contributed by atoms with Gasteiger partial charge in [-0.25, -0.2) is 4.98 Å². The lowest BCUT2D eigenvalue weighted by Crippen LogP contribution is -2.41. The first-order valence-corrected chi connectivity index (χ1v) is 8.64. The van der Waals surface area contributed by atoms with Crippen LogP contribution in [-0.4, -0.2) is 16.8 Å². The predicted octanol–water partition coefficient (Wildman–Crippen LogP) is 3.77. The standard InChI is InChI=1S/C21H21N3O2/c1-3-6-20(25)23-24-21(26)17-13-19(15-11-9-14(2)10-12-15)22-18-8-5-4-7-16(17)18/h4-5,7-13H,3,6H2,1-2H3,(H,23,25)(H,24,26). The lowest BCUT2D eigenvalue weighted by molar-refractivity contribution is -0.121. The van der Waals surface area contributed by atoms with Gasteiger partial charge in [-0.1, -0.05) is 55.0 Å². The number of aryl methyl sites for hydroxylation is 1. The van der Waals surface area contributed by atoms with Crippen molar-refractivity contribution in [2.24, 2.45) is 0 Å². The molecule has 5 heteroatoms. The number of benzene rings is 2. The summed E-state index contributed by atoms with van der Waals surface area (Å²) in [6.07, 6.45) is 1.09. The van der Waals surface area contributed by atoms with Crippen LogP contribution in [0.3, 0.4) is 0 Å². The van der Waals surface area contributed by atoms with Crippen molar-refractivity contribution in [1.29, 1.82) is 0 Å². The molecule has 1 heterocycles. The van der Waals surface area contributed by atoms with Gasteiger partial charge in [0.25, 0.3) is 5.91 Å². The molecule has 0 saturated heterocycles. The van der Waals surface area contributed by atoms with Crippen molar-refractivity contribution in [3.05, 3.63) is 65.7 Å². The normalized spacial score (nSPS) is 10.5. The van der Waals surface area contributed by atoms with E-state index in [1.807, 2.05) is 62.4 Å². The minimum absolute atomic E-state index is 0.210. The molecule has 0 fully saturated rings. The summed E-state index contributed by atoms with van der Waals surface area (Å²) in [6, 6.07) is 17.2. The number of amides is 2. The molecule has 3 rings (SSSR count). The van der Waals surface area contributed by atoms with Crippen LogP contribution in [0.1, 0.15) is 35.7 Å². The molecule has 0 radical (unpaired) electrons. The third kappa shape index (κ3) is 3.88. The number of rotatable bonds is 4. The molecular formula is C21H21N3O2. The Morgan fingerprint density at radius 1 is 1.00 bits per heavy atom. The van der Waals surface area contributed by atoms with Gasteiger partial charge in [0.2, 0.25) is 5.91 Å². The fraction of sp³-hybridized carbons (Fsp3) is 0.190. The van der Waals surface area contributed by atoms with E-state index >= 15 is 0 Å². The molecule has 26 heavy (non-hydrogen) atoms. The van der Waals surface area contributed by atoms with Crippen molar-refractivity contribution in [2.75, 3.05) is 0 Å². The van der Waals surface area contributed by atoms with Crippen LogP contribution in [0, 0.1) is 6.92 Å². The van der Waals surface area contributed by atoms with Crippen LogP contribution in [0.4, 0.5) is 0 Å². The van der Waals surface area contributed by atoms with Crippen LogP contribution in [0.25, 0.3) is 22.2 Å². The van der Waals surface area contributed by atoms with Gasteiger partial charge in [0.05, 0.1) is 16.8 Å². The van der Waals surface area contributed by atoms with E-state index in [4.69, 9.17) is 0 Å². The number of hydrazine groups is 1. The van der Waals surface area contributed by atoms with Crippen LogP contribution in [0.15, 0.2) is 54.6 Å². The summed E-state index contributed by atoms with van der Waals surface area (Å²) in [5.41, 5.74) is 8.97. The number of nitrogens with one attached hydrogen (secondary N) is 2. The molecule has 2 N–H and O–H groups in total. The number of fused-ring (bicyclic) bond motifs is 1. The minimum atomic E-state index is -0.360. The molecule has 3 aromatic rings. The number of para-hydroxylation sites is 1. The lowest BCUT2D eigenvalue weighted by atomic mass is 10.0. The molecule has 0 aliphatic rings. The Kier molecular flexibility index (Phi) is 5.27. The van der Waals surface area contributed by atoms with E-state index in [0.29, 0.717) is 17.7 Å². The topological polar surface area (TPSA) is 71.1 Å². The van der Waals surface area contributed by atoms with Crippen molar-refractivity contribution in [3.8, 4) is 11.3 Å². The van der Waals surface area contributed by atoms with Gasteiger partial charge in [-0.2, -0.15) is 0 Å². The van der Waals surface area contributed by atoms with Gasteiger partial charge in [-0.15, -0.1) is 0 Å². The van der Waals surface area contributed by atoms with Gasteiger partial charge in [-0.05, 0) is 25.5 Å². The third-order valence-electron chi connectivity index (χ3n) is 4.10. The summed E-state index contributed by atoms with van der Waals surface area (Å²) in [4.78, 5) is 29.0. The van der Waals surface area contributed by atoms with Gasteiger partial charge in [-0.3, -0.25) is 20.4 Å². The lowest BCUT2D eigenvalue weighted by Gasteiger charge is -2.11. The smallest absolute Gasteiger partial charge is 0.270 e. The zero-order chi connectivity index (χ0) is 18.5. The number of aromatic nitrogens is 1. The highest BCUT2D eigenvalue weighted by atomic mass is 16.2. The van der Waals surface area contributed by atoms with Crippen molar-refractivity contribution in [1.82, 2.24) is 15.8 Å². The SMILES string of the molecule is CCCC(=O)NNC(=O)c1cc(-c2ccc(C)cc2)nc2ccccc12. The first-order chi connectivity index (χ1) is 12.6. The predicted molar refractivity (Wildman–Crippen MR) is 102 cm³/mol. The minimum Gasteiger partial charge on any atom is -0.273 e. The Morgan fingerprint density at radius 3 is 2.46 bits per heavy atom. The molecule has 0 saturated carbocycles. The zero-order valence-corrected chi connectivity index (χ0v) is 14.9. The van der Waals surface area contributed by atoms with E-state index < -0.39 is 0 Å². The van der Waals surface area contributed by atoms with Gasteiger partial charge >= 0.3 is 0 Å². The number of carbonyl (C=O) groups is 2. The largest absolute Gasteiger partial charge is 0.273 e. The Morgan fingerprint density at radius 2 is 1.73 bits per heavy atom. The highest BCUT2D eigenvalue weighted by Gasteiger charge is 2.14. The average molecular weight is 347 g/mol. The van der Waals surface area contributed by atoms with E-state index in [2.05, 4.69) is 15.8 Å². The number of hydrogen-bond acceptors (Lipinski definition) is 3. The maximum Gasteiger partial charge on any atom is 0.270 e. The Labute approximate surface area is 152 Å². The number of pyridine rings is 1. The first kappa shape index (κ1) is 17.6. The second-order valence-electron chi connectivity index (χ2n) is 6.19. The summed E-state index contributed by atoms with van der Waals surface area (Å²) in [5.74, 6) is -0.570. The van der Waals surface area contributed by atoms with Gasteiger partial charge in [0.1, 0.15) is 0 Å². The summed E-state index contributed by atoms with van der Waals surface area (Å²) in [6.45, 7) is 3.93. The monoisotopic (exact) mass is 347 g/mol. The molecule has 2 aromatic carbocycles. The molecule has 0 aliphatic heterocycles. The number of carbonyl (C=O) groups excluding carboxylic acids is 2. The maximum atomic E-state index is 12.7. The number of nitrogens with zero attached hydrogens (tertiary/aromatic N) is 1. The van der Waals surface area contributed by atoms with Crippen LogP contribution in [-0.2, 0) is 4.79 Å². The molecule has 0 unspecified atom stereocenters. The molecule has 5 nitrogen and oxygen atoms in total. The second kappa shape index (κ2) is 7.78. The quantitative estimate of drug-likeness (QED) is 0.706. The van der Waals surface area contributed by atoms with Crippen molar-refractivity contribution >= 4 is 22.7 Å². The van der Waals surface area contributed by atoms with Gasteiger partial charge in [0, 0.05) is 17.4 Å². The van der Waals surface area contributed by atoms with Gasteiger partial charge < -0.3 is 0 Å². The van der Waals surface area contributed by atoms with Crippen LogP contribution >= 0.6 is 0 Å². The van der Waals surface area contributed by atoms with E-state index in [1.54, 1.807) is 6.07 Å². The Bertz CT molecular complexity index is 949. The van der Waals surface area contributed by atoms with Crippen molar-refractivity contribution in [2.45, 2.75) is 26.7 Å².